The molecule has 29 heavy (non-hydrogen) atoms. The number of nitrogens with zero attached hydrogens (tertiary/aromatic N) is 4. The molecule has 0 saturated carbocycles. The van der Waals surface area contributed by atoms with Crippen LogP contribution in [0.2, 0.25) is 0 Å². The second-order valence-corrected chi connectivity index (χ2v) is 6.99. The van der Waals surface area contributed by atoms with Crippen LogP contribution < -0.4 is 11.5 Å². The smallest absolute Gasteiger partial charge is 0.339 e. The van der Waals surface area contributed by atoms with Gasteiger partial charge < -0.3 is 20.6 Å². The van der Waals surface area contributed by atoms with Crippen molar-refractivity contribution >= 4 is 39.8 Å². The maximum Gasteiger partial charge on any atom is 0.339 e. The monoisotopic (exact) mass is 460 g/mol. The molecular formula is C18H17BrN6O4. The van der Waals surface area contributed by atoms with E-state index in [2.05, 4.69) is 41.1 Å². The summed E-state index contributed by atoms with van der Waals surface area (Å²) in [5, 5.41) is 14.5. The third-order valence-electron chi connectivity index (χ3n) is 3.54. The molecule has 0 amide bonds. The number of amidine groups is 1. The van der Waals surface area contributed by atoms with Crippen molar-refractivity contribution < 1.29 is 18.6 Å². The molecule has 2 aromatic heterocycles. The van der Waals surface area contributed by atoms with Gasteiger partial charge in [0.2, 0.25) is 0 Å². The van der Waals surface area contributed by atoms with Crippen LogP contribution in [0, 0.1) is 0 Å². The minimum Gasteiger partial charge on any atom is -0.459 e. The molecule has 4 N–H and O–H groups in total. The van der Waals surface area contributed by atoms with Crippen molar-refractivity contribution in [1.29, 1.82) is 0 Å². The highest BCUT2D eigenvalue weighted by atomic mass is 79.9. The van der Waals surface area contributed by atoms with Crippen LogP contribution in [-0.4, -0.2) is 34.4 Å². The lowest BCUT2D eigenvalue weighted by atomic mass is 10.1. The quantitative estimate of drug-likeness (QED) is 0.246. The van der Waals surface area contributed by atoms with Crippen molar-refractivity contribution in [2.45, 2.75) is 20.0 Å². The molecule has 0 spiro atoms. The molecule has 3 rings (SSSR count). The van der Waals surface area contributed by atoms with Crippen LogP contribution in [0.25, 0.3) is 11.3 Å². The molecule has 3 aromatic rings. The highest BCUT2D eigenvalue weighted by Gasteiger charge is 2.18. The van der Waals surface area contributed by atoms with Gasteiger partial charge in [0.05, 0.1) is 17.9 Å². The number of rotatable bonds is 6. The Bertz CT molecular complexity index is 1090. The van der Waals surface area contributed by atoms with Crippen molar-refractivity contribution in [3.8, 4) is 11.3 Å². The fourth-order valence-electron chi connectivity index (χ4n) is 2.31. The maximum absolute atomic E-state index is 12.4. The van der Waals surface area contributed by atoms with Gasteiger partial charge >= 0.3 is 5.97 Å². The lowest BCUT2D eigenvalue weighted by Gasteiger charge is -2.11. The van der Waals surface area contributed by atoms with E-state index in [1.165, 1.54) is 6.21 Å². The number of ether oxygens (including phenoxy) is 1. The number of aromatic nitrogens is 2. The van der Waals surface area contributed by atoms with E-state index in [9.17, 15) is 4.79 Å². The summed E-state index contributed by atoms with van der Waals surface area (Å²) < 4.78 is 16.3. The molecule has 0 radical (unpaired) electrons. The number of halogens is 1. The van der Waals surface area contributed by atoms with Crippen molar-refractivity contribution in [3.63, 3.8) is 0 Å². The average Bonchev–Trinajstić information content (AvgIpc) is 3.30. The summed E-state index contributed by atoms with van der Waals surface area (Å²) in [7, 11) is 0. The first-order valence-corrected chi connectivity index (χ1v) is 9.20. The minimum atomic E-state index is -0.445. The van der Waals surface area contributed by atoms with Gasteiger partial charge in [0, 0.05) is 10.0 Å². The van der Waals surface area contributed by atoms with Crippen molar-refractivity contribution in [3.05, 3.63) is 51.8 Å². The Morgan fingerprint density at radius 3 is 2.76 bits per heavy atom. The number of hydrogen-bond acceptors (Lipinski definition) is 9. The number of carbonyl (C=O) groups excluding carboxylic acids is 1. The molecule has 0 unspecified atom stereocenters. The Hall–Kier alpha value is -3.47. The highest BCUT2D eigenvalue weighted by Crippen LogP contribution is 2.29. The predicted molar refractivity (Wildman–Crippen MR) is 109 cm³/mol. The molecule has 150 valence electrons. The second-order valence-electron chi connectivity index (χ2n) is 6.07. The number of esters is 1. The van der Waals surface area contributed by atoms with Crippen LogP contribution in [0.4, 0.5) is 5.82 Å². The van der Waals surface area contributed by atoms with E-state index < -0.39 is 5.97 Å². The summed E-state index contributed by atoms with van der Waals surface area (Å²) in [6.07, 6.45) is 1.11. The van der Waals surface area contributed by atoms with Gasteiger partial charge in [-0.05, 0) is 54.5 Å². The third-order valence-corrected chi connectivity index (χ3v) is 4.04. The number of hydrogen-bond donors (Lipinski definition) is 2. The lowest BCUT2D eigenvalue weighted by Crippen LogP contribution is -2.15. The zero-order valence-corrected chi connectivity index (χ0v) is 17.1. The first-order chi connectivity index (χ1) is 13.8. The first kappa shape index (κ1) is 20.3. The fourth-order valence-corrected chi connectivity index (χ4v) is 2.67. The molecule has 0 atom stereocenters. The Morgan fingerprint density at radius 2 is 2.07 bits per heavy atom. The van der Waals surface area contributed by atoms with E-state index in [1.54, 1.807) is 44.2 Å². The van der Waals surface area contributed by atoms with Crippen LogP contribution in [0.5, 0.6) is 0 Å². The standard InChI is InChI=1S/C18H17BrN6O4/c1-9(2)27-18(26)13-7-10(19)3-5-12(13)14-6-4-11(28-14)8-22-23-16(20)15-17(21)25-29-24-15/h3-9H,1-2H3,(H2,20,23)(H2,21,25)/b22-8-. The normalized spacial score (nSPS) is 12.1. The van der Waals surface area contributed by atoms with E-state index >= 15 is 0 Å². The Labute approximate surface area is 173 Å². The SMILES string of the molecule is CC(C)OC(=O)c1cc(Br)ccc1-c1ccc(/C=N\N=C(\N)c2nonc2N)o1. The van der Waals surface area contributed by atoms with Gasteiger partial charge in [-0.25, -0.2) is 9.42 Å². The van der Waals surface area contributed by atoms with Gasteiger partial charge in [-0.2, -0.15) is 5.10 Å². The number of anilines is 1. The molecule has 10 nitrogen and oxygen atoms in total. The number of benzene rings is 1. The molecule has 0 fully saturated rings. The largest absolute Gasteiger partial charge is 0.459 e. The van der Waals surface area contributed by atoms with Crippen LogP contribution in [-0.2, 0) is 4.74 Å². The third kappa shape index (κ3) is 4.88. The molecule has 0 aliphatic rings. The van der Waals surface area contributed by atoms with Gasteiger partial charge in [0.1, 0.15) is 11.5 Å². The summed E-state index contributed by atoms with van der Waals surface area (Å²) >= 11 is 3.37. The molecule has 1 aromatic carbocycles. The predicted octanol–water partition coefficient (Wildman–Crippen LogP) is 2.98. The van der Waals surface area contributed by atoms with Gasteiger partial charge in [-0.15, -0.1) is 5.10 Å². The first-order valence-electron chi connectivity index (χ1n) is 8.40. The van der Waals surface area contributed by atoms with E-state index in [0.717, 1.165) is 4.47 Å². The summed E-state index contributed by atoms with van der Waals surface area (Å²) in [5.74, 6) is 0.376. The number of nitrogen functional groups attached to an aromatic ring is 1. The van der Waals surface area contributed by atoms with Gasteiger partial charge in [-0.1, -0.05) is 15.9 Å². The molecule has 0 bridgehead atoms. The van der Waals surface area contributed by atoms with Gasteiger partial charge in [-0.3, -0.25) is 0 Å². The summed E-state index contributed by atoms with van der Waals surface area (Å²) in [6.45, 7) is 3.57. The Balaban J connectivity index is 1.83. The van der Waals surface area contributed by atoms with Gasteiger partial charge in [0.25, 0.3) is 0 Å². The Kier molecular flexibility index (Phi) is 6.07. The molecule has 0 aliphatic heterocycles. The van der Waals surface area contributed by atoms with E-state index in [1.807, 2.05) is 0 Å². The number of furan rings is 1. The molecular weight excluding hydrogens is 444 g/mol. The second kappa shape index (κ2) is 8.69. The van der Waals surface area contributed by atoms with Crippen LogP contribution in [0.15, 0.2) is 54.1 Å². The average molecular weight is 461 g/mol. The van der Waals surface area contributed by atoms with E-state index in [-0.39, 0.29) is 23.5 Å². The van der Waals surface area contributed by atoms with Crippen molar-refractivity contribution in [2.24, 2.45) is 15.9 Å². The summed E-state index contributed by atoms with van der Waals surface area (Å²) in [6, 6.07) is 8.63. The van der Waals surface area contributed by atoms with Gasteiger partial charge in [0.15, 0.2) is 17.3 Å². The Morgan fingerprint density at radius 1 is 1.28 bits per heavy atom. The van der Waals surface area contributed by atoms with Crippen LogP contribution in [0.1, 0.15) is 35.7 Å². The minimum absolute atomic E-state index is 0.0118. The van der Waals surface area contributed by atoms with Crippen molar-refractivity contribution in [2.75, 3.05) is 5.73 Å². The zero-order valence-electron chi connectivity index (χ0n) is 15.5. The van der Waals surface area contributed by atoms with Crippen LogP contribution in [0.3, 0.4) is 0 Å². The van der Waals surface area contributed by atoms with E-state index in [4.69, 9.17) is 20.6 Å². The van der Waals surface area contributed by atoms with Crippen LogP contribution >= 0.6 is 15.9 Å². The molecule has 11 heteroatoms. The fraction of sp³-hybridized carbons (Fsp3) is 0.167. The van der Waals surface area contributed by atoms with E-state index in [0.29, 0.717) is 22.6 Å². The lowest BCUT2D eigenvalue weighted by molar-refractivity contribution is 0.0378. The maximum atomic E-state index is 12.4. The topological polar surface area (TPSA) is 155 Å². The number of carbonyl (C=O) groups is 1. The molecule has 2 heterocycles. The molecule has 0 aliphatic carbocycles. The summed E-state index contributed by atoms with van der Waals surface area (Å²) in [4.78, 5) is 12.4. The number of nitrogens with two attached hydrogens (primary N) is 2. The van der Waals surface area contributed by atoms with Crippen molar-refractivity contribution in [1.82, 2.24) is 10.3 Å². The summed E-state index contributed by atoms with van der Waals surface area (Å²) in [5.41, 5.74) is 12.3. The molecule has 0 saturated heterocycles. The highest BCUT2D eigenvalue weighted by molar-refractivity contribution is 9.10. The zero-order chi connectivity index (χ0) is 21.0.